The summed E-state index contributed by atoms with van der Waals surface area (Å²) in [4.78, 5) is 33.6. The third-order valence-corrected chi connectivity index (χ3v) is 2.94. The molecular weight excluding hydrogens is 262 g/mol. The maximum absolute atomic E-state index is 11.8. The van der Waals surface area contributed by atoms with Gasteiger partial charge in [-0.15, -0.1) is 0 Å². The number of anilines is 1. The van der Waals surface area contributed by atoms with Gasteiger partial charge in [0.1, 0.15) is 5.58 Å². The quantitative estimate of drug-likeness (QED) is 0.831. The maximum atomic E-state index is 11.8. The number of hydrogen-bond donors (Lipinski definition) is 2. The molecule has 0 radical (unpaired) electrons. The third kappa shape index (κ3) is 2.69. The molecule has 0 aliphatic rings. The molecule has 1 aromatic carbocycles. The summed E-state index contributed by atoms with van der Waals surface area (Å²) in [6, 6.07) is 4.89. The lowest BCUT2D eigenvalue weighted by Gasteiger charge is -2.08. The zero-order valence-corrected chi connectivity index (χ0v) is 11.0. The van der Waals surface area contributed by atoms with Gasteiger partial charge in [0.05, 0.1) is 12.0 Å². The molecule has 104 valence electrons. The van der Waals surface area contributed by atoms with Crippen LogP contribution in [0.5, 0.6) is 0 Å². The molecule has 0 aliphatic heterocycles. The molecule has 0 saturated carbocycles. The van der Waals surface area contributed by atoms with E-state index in [1.165, 1.54) is 13.0 Å². The van der Waals surface area contributed by atoms with Crippen molar-refractivity contribution in [1.82, 2.24) is 0 Å². The first-order valence-electron chi connectivity index (χ1n) is 5.94. The summed E-state index contributed by atoms with van der Waals surface area (Å²) >= 11 is 0. The van der Waals surface area contributed by atoms with Crippen LogP contribution in [0.3, 0.4) is 0 Å². The Kier molecular flexibility index (Phi) is 3.56. The molecule has 0 spiro atoms. The van der Waals surface area contributed by atoms with Crippen molar-refractivity contribution in [1.29, 1.82) is 0 Å². The van der Waals surface area contributed by atoms with Crippen molar-refractivity contribution in [3.05, 3.63) is 39.7 Å². The smallest absolute Gasteiger partial charge is 0.340 e. The minimum absolute atomic E-state index is 0.136. The standard InChI is InChI=1S/C14H13NO5/c1-7-10-4-3-9(15-8(2)16)5-12(10)20-14(19)11(7)6-13(17)18/h3-5H,6H2,1-2H3,(H,15,16)(H,17,18). The fourth-order valence-corrected chi connectivity index (χ4v) is 2.03. The molecule has 0 atom stereocenters. The third-order valence-electron chi connectivity index (χ3n) is 2.94. The van der Waals surface area contributed by atoms with Crippen molar-refractivity contribution in [2.24, 2.45) is 0 Å². The average molecular weight is 275 g/mol. The first kappa shape index (κ1) is 13.8. The molecule has 0 unspecified atom stereocenters. The second-order valence-corrected chi connectivity index (χ2v) is 4.46. The van der Waals surface area contributed by atoms with Gasteiger partial charge in [0.15, 0.2) is 0 Å². The highest BCUT2D eigenvalue weighted by Crippen LogP contribution is 2.23. The predicted octanol–water partition coefficient (Wildman–Crippen LogP) is 1.69. The molecule has 1 heterocycles. The first-order valence-corrected chi connectivity index (χ1v) is 5.94. The van der Waals surface area contributed by atoms with Gasteiger partial charge in [0.2, 0.25) is 5.91 Å². The van der Waals surface area contributed by atoms with E-state index in [4.69, 9.17) is 9.52 Å². The molecule has 1 amide bonds. The number of carboxylic acids is 1. The van der Waals surface area contributed by atoms with E-state index >= 15 is 0 Å². The fraction of sp³-hybridized carbons (Fsp3) is 0.214. The molecule has 6 heteroatoms. The summed E-state index contributed by atoms with van der Waals surface area (Å²) in [5, 5.41) is 12.0. The molecule has 2 aromatic rings. The number of fused-ring (bicyclic) bond motifs is 1. The highest BCUT2D eigenvalue weighted by molar-refractivity contribution is 5.92. The highest BCUT2D eigenvalue weighted by atomic mass is 16.4. The SMILES string of the molecule is CC(=O)Nc1ccc2c(C)c(CC(=O)O)c(=O)oc2c1. The number of aliphatic carboxylic acids is 1. The largest absolute Gasteiger partial charge is 0.481 e. The number of carbonyl (C=O) groups excluding carboxylic acids is 1. The minimum atomic E-state index is -1.09. The Bertz CT molecular complexity index is 760. The van der Waals surface area contributed by atoms with Crippen LogP contribution in [0.4, 0.5) is 5.69 Å². The van der Waals surface area contributed by atoms with Gasteiger partial charge in [-0.05, 0) is 24.6 Å². The van der Waals surface area contributed by atoms with Crippen molar-refractivity contribution >= 4 is 28.5 Å². The van der Waals surface area contributed by atoms with E-state index < -0.39 is 11.6 Å². The molecular formula is C14H13NO5. The Hall–Kier alpha value is -2.63. The lowest BCUT2D eigenvalue weighted by molar-refractivity contribution is -0.136. The summed E-state index contributed by atoms with van der Waals surface area (Å²) in [7, 11) is 0. The zero-order chi connectivity index (χ0) is 14.9. The topological polar surface area (TPSA) is 96.6 Å². The van der Waals surface area contributed by atoms with Gasteiger partial charge in [-0.1, -0.05) is 0 Å². The van der Waals surface area contributed by atoms with Gasteiger partial charge in [0, 0.05) is 24.1 Å². The lowest BCUT2D eigenvalue weighted by Crippen LogP contribution is -2.15. The summed E-state index contributed by atoms with van der Waals surface area (Å²) < 4.78 is 5.13. The number of nitrogens with one attached hydrogen (secondary N) is 1. The molecule has 0 bridgehead atoms. The van der Waals surface area contributed by atoms with Crippen LogP contribution in [0.2, 0.25) is 0 Å². The van der Waals surface area contributed by atoms with Crippen LogP contribution in [0, 0.1) is 6.92 Å². The second-order valence-electron chi connectivity index (χ2n) is 4.46. The normalized spacial score (nSPS) is 10.5. The van der Waals surface area contributed by atoms with Gasteiger partial charge in [-0.2, -0.15) is 0 Å². The number of carbonyl (C=O) groups is 2. The van der Waals surface area contributed by atoms with Crippen molar-refractivity contribution in [2.75, 3.05) is 5.32 Å². The van der Waals surface area contributed by atoms with Crippen molar-refractivity contribution in [3.8, 4) is 0 Å². The van der Waals surface area contributed by atoms with Crippen LogP contribution in [-0.4, -0.2) is 17.0 Å². The maximum Gasteiger partial charge on any atom is 0.340 e. The van der Waals surface area contributed by atoms with Gasteiger partial charge >= 0.3 is 11.6 Å². The van der Waals surface area contributed by atoms with Crippen LogP contribution in [0.15, 0.2) is 27.4 Å². The Morgan fingerprint density at radius 3 is 2.65 bits per heavy atom. The number of hydrogen-bond acceptors (Lipinski definition) is 4. The number of aryl methyl sites for hydroxylation is 1. The molecule has 2 rings (SSSR count). The van der Waals surface area contributed by atoms with Crippen molar-refractivity contribution in [2.45, 2.75) is 20.3 Å². The Morgan fingerprint density at radius 1 is 1.35 bits per heavy atom. The van der Waals surface area contributed by atoms with E-state index in [9.17, 15) is 14.4 Å². The van der Waals surface area contributed by atoms with Gasteiger partial charge in [-0.3, -0.25) is 9.59 Å². The van der Waals surface area contributed by atoms with E-state index in [1.807, 2.05) is 0 Å². The van der Waals surface area contributed by atoms with Gasteiger partial charge in [0.25, 0.3) is 0 Å². The monoisotopic (exact) mass is 275 g/mol. The second kappa shape index (κ2) is 5.16. The minimum Gasteiger partial charge on any atom is -0.481 e. The summed E-state index contributed by atoms with van der Waals surface area (Å²) in [5.41, 5.74) is 0.870. The Balaban J connectivity index is 2.60. The number of carboxylic acid groups (broad SMARTS) is 1. The number of benzene rings is 1. The van der Waals surface area contributed by atoms with E-state index in [0.717, 1.165) is 0 Å². The molecule has 6 nitrogen and oxygen atoms in total. The Morgan fingerprint density at radius 2 is 2.05 bits per heavy atom. The molecule has 0 saturated heterocycles. The van der Waals surface area contributed by atoms with Crippen LogP contribution < -0.4 is 10.9 Å². The molecule has 1 aromatic heterocycles. The van der Waals surface area contributed by atoms with E-state index in [1.54, 1.807) is 19.1 Å². The van der Waals surface area contributed by atoms with E-state index in [-0.39, 0.29) is 17.9 Å². The predicted molar refractivity (Wildman–Crippen MR) is 72.9 cm³/mol. The van der Waals surface area contributed by atoms with Gasteiger partial charge in [-0.25, -0.2) is 4.79 Å². The molecule has 20 heavy (non-hydrogen) atoms. The van der Waals surface area contributed by atoms with Crippen molar-refractivity contribution < 1.29 is 19.1 Å². The number of amides is 1. The summed E-state index contributed by atoms with van der Waals surface area (Å²) in [6.45, 7) is 3.05. The highest BCUT2D eigenvalue weighted by Gasteiger charge is 2.14. The fourth-order valence-electron chi connectivity index (χ4n) is 2.03. The van der Waals surface area contributed by atoms with E-state index in [2.05, 4.69) is 5.32 Å². The average Bonchev–Trinajstić information content (AvgIpc) is 2.33. The molecule has 0 aliphatic carbocycles. The first-order chi connectivity index (χ1) is 9.38. The lowest BCUT2D eigenvalue weighted by atomic mass is 10.0. The molecule has 2 N–H and O–H groups in total. The van der Waals surface area contributed by atoms with Crippen LogP contribution in [-0.2, 0) is 16.0 Å². The Labute approximate surface area is 114 Å². The van der Waals surface area contributed by atoms with Crippen molar-refractivity contribution in [3.63, 3.8) is 0 Å². The van der Waals surface area contributed by atoms with Crippen LogP contribution >= 0.6 is 0 Å². The molecule has 0 fully saturated rings. The van der Waals surface area contributed by atoms with Crippen LogP contribution in [0.25, 0.3) is 11.0 Å². The summed E-state index contributed by atoms with van der Waals surface area (Å²) in [5.74, 6) is -1.32. The van der Waals surface area contributed by atoms with Crippen LogP contribution in [0.1, 0.15) is 18.1 Å². The van der Waals surface area contributed by atoms with Gasteiger partial charge < -0.3 is 14.8 Å². The van der Waals surface area contributed by atoms with E-state index in [0.29, 0.717) is 22.2 Å². The zero-order valence-electron chi connectivity index (χ0n) is 11.0. The summed E-state index contributed by atoms with van der Waals surface area (Å²) in [6.07, 6.45) is -0.377. The number of rotatable bonds is 3.